The van der Waals surface area contributed by atoms with Crippen LogP contribution in [0, 0.1) is 0 Å². The molecule has 176 valence electrons. The third kappa shape index (κ3) is 4.59. The fraction of sp³-hybridized carbons (Fsp3) is 0.240. The Bertz CT molecular complexity index is 1240. The van der Waals surface area contributed by atoms with Crippen molar-refractivity contribution in [3.63, 3.8) is 0 Å². The summed E-state index contributed by atoms with van der Waals surface area (Å²) < 4.78 is 32.9. The molecule has 4 aromatic heterocycles. The minimum atomic E-state index is -1.23. The molecule has 0 radical (unpaired) electrons. The fourth-order valence-electron chi connectivity index (χ4n) is 3.66. The summed E-state index contributed by atoms with van der Waals surface area (Å²) in [4.78, 5) is 38.4. The molecule has 0 aliphatic carbocycles. The second-order valence-electron chi connectivity index (χ2n) is 7.23. The van der Waals surface area contributed by atoms with E-state index in [0.29, 0.717) is 24.4 Å². The van der Waals surface area contributed by atoms with Crippen LogP contribution in [-0.2, 0) is 22.3 Å². The van der Waals surface area contributed by atoms with Gasteiger partial charge in [-0.15, -0.1) is 0 Å². The molecule has 0 amide bonds. The molecule has 9 heteroatoms. The van der Waals surface area contributed by atoms with Crippen molar-refractivity contribution in [3.05, 3.63) is 116 Å². The molecule has 2 unspecified atom stereocenters. The van der Waals surface area contributed by atoms with Crippen LogP contribution in [0.5, 0.6) is 0 Å². The molecule has 0 bridgehead atoms. The van der Waals surface area contributed by atoms with E-state index in [1.165, 1.54) is 37.2 Å². The van der Waals surface area contributed by atoms with Crippen LogP contribution in [0.1, 0.15) is 60.2 Å². The van der Waals surface area contributed by atoms with E-state index in [1.54, 1.807) is 38.1 Å². The number of ether oxygens (including phenoxy) is 2. The van der Waals surface area contributed by atoms with Crippen LogP contribution in [0.15, 0.2) is 88.7 Å². The Labute approximate surface area is 193 Å². The Morgan fingerprint density at radius 2 is 1.15 bits per heavy atom. The SMILES string of the molecule is CCc1occc(=O)c1C(OC(=O)OC(c1ccco1)c1c(CC)occc1=O)c1ccco1. The number of carbonyl (C=O) groups is 1. The van der Waals surface area contributed by atoms with Crippen LogP contribution in [-0.4, -0.2) is 6.16 Å². The zero-order chi connectivity index (χ0) is 24.1. The average Bonchev–Trinajstić information content (AvgIpc) is 3.56. The molecule has 4 heterocycles. The van der Waals surface area contributed by atoms with Gasteiger partial charge in [-0.05, 0) is 24.3 Å². The van der Waals surface area contributed by atoms with Crippen molar-refractivity contribution in [2.75, 3.05) is 0 Å². The van der Waals surface area contributed by atoms with E-state index in [2.05, 4.69) is 0 Å². The molecule has 9 nitrogen and oxygen atoms in total. The van der Waals surface area contributed by atoms with Gasteiger partial charge in [-0.25, -0.2) is 4.79 Å². The average molecular weight is 466 g/mol. The van der Waals surface area contributed by atoms with Gasteiger partial charge in [-0.3, -0.25) is 9.59 Å². The van der Waals surface area contributed by atoms with Gasteiger partial charge in [0.2, 0.25) is 0 Å². The topological polar surface area (TPSA) is 122 Å². The first-order chi connectivity index (χ1) is 16.5. The second kappa shape index (κ2) is 10.1. The number of furan rings is 2. The summed E-state index contributed by atoms with van der Waals surface area (Å²) in [6, 6.07) is 8.79. The maximum absolute atomic E-state index is 13.0. The lowest BCUT2D eigenvalue weighted by Gasteiger charge is -2.20. The van der Waals surface area contributed by atoms with Gasteiger partial charge in [-0.1, -0.05) is 13.8 Å². The molecule has 4 rings (SSSR count). The molecule has 0 aliphatic rings. The van der Waals surface area contributed by atoms with Gasteiger partial charge in [0, 0.05) is 25.0 Å². The summed E-state index contributed by atoms with van der Waals surface area (Å²) in [5.74, 6) is 1.07. The van der Waals surface area contributed by atoms with E-state index in [1.807, 2.05) is 0 Å². The molecular weight excluding hydrogens is 444 g/mol. The molecule has 4 aromatic rings. The van der Waals surface area contributed by atoms with Gasteiger partial charge in [0.25, 0.3) is 0 Å². The van der Waals surface area contributed by atoms with Gasteiger partial charge in [0.1, 0.15) is 23.0 Å². The first-order valence-corrected chi connectivity index (χ1v) is 10.7. The summed E-state index contributed by atoms with van der Waals surface area (Å²) in [6.45, 7) is 3.60. The molecule has 0 aliphatic heterocycles. The molecule has 2 atom stereocenters. The molecule has 0 saturated heterocycles. The Kier molecular flexibility index (Phi) is 6.82. The lowest BCUT2D eigenvalue weighted by molar-refractivity contribution is 0.00513. The third-order valence-electron chi connectivity index (χ3n) is 5.19. The van der Waals surface area contributed by atoms with Crippen LogP contribution in [0.4, 0.5) is 4.79 Å². The summed E-state index contributed by atoms with van der Waals surface area (Å²) in [5, 5.41) is 0. The highest BCUT2D eigenvalue weighted by Gasteiger charge is 2.33. The molecule has 0 aromatic carbocycles. The van der Waals surface area contributed by atoms with Crippen molar-refractivity contribution in [1.82, 2.24) is 0 Å². The lowest BCUT2D eigenvalue weighted by atomic mass is 10.0. The standard InChI is InChI=1S/C25H22O9/c1-3-17-21(15(26)9-13-31-17)23(19-7-5-11-29-19)33-25(28)34-24(20-8-6-12-30-20)22-16(27)10-14-32-18(22)4-2/h5-14,23-24H,3-4H2,1-2H3. The molecule has 0 N–H and O–H groups in total. The molecule has 0 spiro atoms. The summed E-state index contributed by atoms with van der Waals surface area (Å²) in [6.07, 6.45) is 2.46. The van der Waals surface area contributed by atoms with Crippen molar-refractivity contribution in [3.8, 4) is 0 Å². The zero-order valence-corrected chi connectivity index (χ0v) is 18.5. The fourth-order valence-corrected chi connectivity index (χ4v) is 3.66. The summed E-state index contributed by atoms with van der Waals surface area (Å²) >= 11 is 0. The molecule has 0 saturated carbocycles. The zero-order valence-electron chi connectivity index (χ0n) is 18.5. The minimum absolute atomic E-state index is 0.111. The number of carbonyl (C=O) groups excluding carboxylic acids is 1. The lowest BCUT2D eigenvalue weighted by Crippen LogP contribution is -2.25. The monoisotopic (exact) mass is 466 g/mol. The Morgan fingerprint density at radius 1 is 0.706 bits per heavy atom. The van der Waals surface area contributed by atoms with Gasteiger partial charge in [-0.2, -0.15) is 0 Å². The van der Waals surface area contributed by atoms with E-state index in [4.69, 9.17) is 27.1 Å². The number of hydrogen-bond acceptors (Lipinski definition) is 9. The molecule has 0 fully saturated rings. The third-order valence-corrected chi connectivity index (χ3v) is 5.19. The summed E-state index contributed by atoms with van der Waals surface area (Å²) in [5.41, 5.74) is -0.562. The van der Waals surface area contributed by atoms with Crippen LogP contribution < -0.4 is 10.9 Å². The summed E-state index contributed by atoms with van der Waals surface area (Å²) in [7, 11) is 0. The molecular formula is C25H22O9. The first kappa shape index (κ1) is 22.9. The van der Waals surface area contributed by atoms with Gasteiger partial charge < -0.3 is 27.1 Å². The van der Waals surface area contributed by atoms with Crippen LogP contribution in [0.2, 0.25) is 0 Å². The van der Waals surface area contributed by atoms with Crippen LogP contribution in [0.25, 0.3) is 0 Å². The maximum Gasteiger partial charge on any atom is 0.510 e. The smallest absolute Gasteiger partial charge is 0.469 e. The highest BCUT2D eigenvalue weighted by Crippen LogP contribution is 2.31. The number of aryl methyl sites for hydroxylation is 2. The van der Waals surface area contributed by atoms with E-state index in [9.17, 15) is 14.4 Å². The highest BCUT2D eigenvalue weighted by molar-refractivity contribution is 5.62. The van der Waals surface area contributed by atoms with Crippen molar-refractivity contribution in [2.24, 2.45) is 0 Å². The molecule has 34 heavy (non-hydrogen) atoms. The number of hydrogen-bond donors (Lipinski definition) is 0. The second-order valence-corrected chi connectivity index (χ2v) is 7.23. The van der Waals surface area contributed by atoms with Crippen molar-refractivity contribution in [1.29, 1.82) is 0 Å². The quantitative estimate of drug-likeness (QED) is 0.332. The van der Waals surface area contributed by atoms with E-state index < -0.39 is 29.2 Å². The van der Waals surface area contributed by atoms with E-state index in [-0.39, 0.29) is 22.6 Å². The minimum Gasteiger partial charge on any atom is -0.469 e. The van der Waals surface area contributed by atoms with Gasteiger partial charge in [0.15, 0.2) is 23.1 Å². The van der Waals surface area contributed by atoms with E-state index >= 15 is 0 Å². The van der Waals surface area contributed by atoms with Crippen molar-refractivity contribution < 1.29 is 31.9 Å². The normalized spacial score (nSPS) is 12.8. The Morgan fingerprint density at radius 3 is 1.50 bits per heavy atom. The van der Waals surface area contributed by atoms with Crippen molar-refractivity contribution in [2.45, 2.75) is 38.9 Å². The maximum atomic E-state index is 13.0. The Hall–Kier alpha value is -4.27. The largest absolute Gasteiger partial charge is 0.510 e. The van der Waals surface area contributed by atoms with Gasteiger partial charge >= 0.3 is 6.16 Å². The number of rotatable bonds is 8. The first-order valence-electron chi connectivity index (χ1n) is 10.7. The van der Waals surface area contributed by atoms with Crippen molar-refractivity contribution >= 4 is 6.16 Å². The highest BCUT2D eigenvalue weighted by atomic mass is 16.7. The van der Waals surface area contributed by atoms with Crippen LogP contribution >= 0.6 is 0 Å². The predicted molar refractivity (Wildman–Crippen MR) is 117 cm³/mol. The van der Waals surface area contributed by atoms with Gasteiger partial charge in [0.05, 0.1) is 36.2 Å². The Balaban J connectivity index is 1.71. The van der Waals surface area contributed by atoms with E-state index in [0.717, 1.165) is 0 Å². The van der Waals surface area contributed by atoms with Crippen LogP contribution in [0.3, 0.4) is 0 Å². The predicted octanol–water partition coefficient (Wildman–Crippen LogP) is 4.94.